The van der Waals surface area contributed by atoms with Crippen LogP contribution in [0.4, 0.5) is 0 Å². The van der Waals surface area contributed by atoms with Crippen LogP contribution in [0.3, 0.4) is 0 Å². The number of hydrogen-bond acceptors (Lipinski definition) is 2. The maximum atomic E-state index is 8.69. The average molecular weight is 179 g/mol. The molecule has 1 rings (SSSR count). The van der Waals surface area contributed by atoms with Gasteiger partial charge in [0.15, 0.2) is 0 Å². The lowest BCUT2D eigenvalue weighted by molar-refractivity contribution is 0.661. The predicted molar refractivity (Wildman–Crippen MR) is 49.9 cm³/mol. The van der Waals surface area contributed by atoms with Crippen LogP contribution in [0.1, 0.15) is 0 Å². The van der Waals surface area contributed by atoms with Crippen LogP contribution in [0.25, 0.3) is 0 Å². The van der Waals surface area contributed by atoms with E-state index in [-0.39, 0.29) is 0 Å². The number of benzene rings is 1. The van der Waals surface area contributed by atoms with Gasteiger partial charge < -0.3 is 4.12 Å². The summed E-state index contributed by atoms with van der Waals surface area (Å²) in [5.74, 6) is 0. The minimum absolute atomic E-state index is 0.656. The first kappa shape index (κ1) is 8.20. The molecular weight excluding hydrogens is 170 g/mol. The SMILES string of the molecule is N#C[SiH](O[SiH3])c1ccccc1. The van der Waals surface area contributed by atoms with Crippen molar-refractivity contribution < 1.29 is 4.12 Å². The van der Waals surface area contributed by atoms with Crippen LogP contribution >= 0.6 is 0 Å². The van der Waals surface area contributed by atoms with Crippen LogP contribution in [0.2, 0.25) is 0 Å². The highest BCUT2D eigenvalue weighted by atomic mass is 28.3. The molecular formula is C7H9NOSi2. The molecule has 0 radical (unpaired) electrons. The lowest BCUT2D eigenvalue weighted by Crippen LogP contribution is -2.31. The largest absolute Gasteiger partial charge is 0.453 e. The minimum atomic E-state index is -1.68. The highest BCUT2D eigenvalue weighted by Crippen LogP contribution is 1.87. The molecule has 0 fully saturated rings. The summed E-state index contributed by atoms with van der Waals surface area (Å²) in [6.07, 6.45) is 0. The van der Waals surface area contributed by atoms with E-state index in [1.54, 1.807) is 0 Å². The fourth-order valence-electron chi connectivity index (χ4n) is 0.891. The molecule has 0 heterocycles. The topological polar surface area (TPSA) is 33.0 Å². The normalized spacial score (nSPS) is 12.3. The van der Waals surface area contributed by atoms with Crippen molar-refractivity contribution in [2.45, 2.75) is 0 Å². The van der Waals surface area contributed by atoms with E-state index in [0.29, 0.717) is 10.5 Å². The second-order valence-corrected chi connectivity index (χ2v) is 5.73. The lowest BCUT2D eigenvalue weighted by atomic mass is 10.4. The summed E-state index contributed by atoms with van der Waals surface area (Å²) in [6, 6.07) is 9.73. The van der Waals surface area contributed by atoms with Crippen LogP contribution in [0.5, 0.6) is 0 Å². The third-order valence-corrected chi connectivity index (χ3v) is 4.57. The molecule has 2 nitrogen and oxygen atoms in total. The fraction of sp³-hybridized carbons (Fsp3) is 0. The Morgan fingerprint density at radius 1 is 1.36 bits per heavy atom. The van der Waals surface area contributed by atoms with Gasteiger partial charge in [0.25, 0.3) is 0 Å². The van der Waals surface area contributed by atoms with Gasteiger partial charge in [-0.1, -0.05) is 30.3 Å². The zero-order valence-electron chi connectivity index (χ0n) is 6.32. The molecule has 0 saturated carbocycles. The first-order valence-electron chi connectivity index (χ1n) is 3.36. The second-order valence-electron chi connectivity index (χ2n) is 2.16. The zero-order chi connectivity index (χ0) is 8.10. The Morgan fingerprint density at radius 3 is 2.45 bits per heavy atom. The van der Waals surface area contributed by atoms with Gasteiger partial charge in [0.1, 0.15) is 10.5 Å². The number of hydrogen-bond donors (Lipinski definition) is 0. The Bertz CT molecular complexity index is 257. The van der Waals surface area contributed by atoms with Gasteiger partial charge in [0.2, 0.25) is 0 Å². The highest BCUT2D eigenvalue weighted by Gasteiger charge is 2.09. The van der Waals surface area contributed by atoms with Crippen LogP contribution in [-0.2, 0) is 4.12 Å². The summed E-state index contributed by atoms with van der Waals surface area (Å²) >= 11 is 0. The molecule has 1 atom stereocenters. The van der Waals surface area contributed by atoms with Crippen molar-refractivity contribution in [1.82, 2.24) is 0 Å². The van der Waals surface area contributed by atoms with E-state index in [4.69, 9.17) is 9.38 Å². The summed E-state index contributed by atoms with van der Waals surface area (Å²) in [5, 5.41) is 9.76. The molecule has 56 valence electrons. The van der Waals surface area contributed by atoms with Crippen LogP contribution in [0, 0.1) is 11.0 Å². The predicted octanol–water partition coefficient (Wildman–Crippen LogP) is -1.02. The molecule has 0 aromatic heterocycles. The Morgan fingerprint density at radius 2 is 2.00 bits per heavy atom. The molecule has 0 aliphatic heterocycles. The Hall–Kier alpha value is -0.896. The van der Waals surface area contributed by atoms with Gasteiger partial charge in [-0.25, -0.2) is 5.26 Å². The number of nitrogens with zero attached hydrogens (tertiary/aromatic N) is 1. The van der Waals surface area contributed by atoms with E-state index in [2.05, 4.69) is 5.69 Å². The summed E-state index contributed by atoms with van der Waals surface area (Å²) in [5.41, 5.74) is 2.22. The monoisotopic (exact) mass is 179 g/mol. The lowest BCUT2D eigenvalue weighted by Gasteiger charge is -2.03. The maximum absolute atomic E-state index is 8.69. The van der Waals surface area contributed by atoms with E-state index in [1.807, 2.05) is 30.3 Å². The van der Waals surface area contributed by atoms with Gasteiger partial charge >= 0.3 is 9.04 Å². The van der Waals surface area contributed by atoms with Crippen LogP contribution in [-0.4, -0.2) is 19.5 Å². The van der Waals surface area contributed by atoms with E-state index in [0.717, 1.165) is 5.19 Å². The zero-order valence-corrected chi connectivity index (χ0v) is 9.47. The van der Waals surface area contributed by atoms with Crippen molar-refractivity contribution >= 4 is 24.7 Å². The molecule has 1 aromatic carbocycles. The Balaban J connectivity index is 2.85. The van der Waals surface area contributed by atoms with Crippen molar-refractivity contribution in [2.24, 2.45) is 0 Å². The summed E-state index contributed by atoms with van der Waals surface area (Å²) in [6.45, 7) is 0. The molecule has 0 amide bonds. The molecule has 0 aliphatic rings. The standard InChI is InChI=1S/C7H9NOSi2/c8-6-11(9-10)7-4-2-1-3-5-7/h1-5,11H,10H3. The summed E-state index contributed by atoms with van der Waals surface area (Å²) < 4.78 is 5.20. The molecule has 4 heteroatoms. The van der Waals surface area contributed by atoms with Gasteiger partial charge in [0, 0.05) is 0 Å². The van der Waals surface area contributed by atoms with E-state index < -0.39 is 9.04 Å². The van der Waals surface area contributed by atoms with Crippen molar-refractivity contribution in [3.63, 3.8) is 0 Å². The summed E-state index contributed by atoms with van der Waals surface area (Å²) in [7, 11) is -1.03. The molecule has 1 aromatic rings. The van der Waals surface area contributed by atoms with Crippen molar-refractivity contribution in [3.05, 3.63) is 30.3 Å². The first-order valence-corrected chi connectivity index (χ1v) is 5.80. The Labute approximate surface area is 70.7 Å². The molecule has 1 unspecified atom stereocenters. The molecule has 0 saturated heterocycles. The quantitative estimate of drug-likeness (QED) is 0.544. The molecule has 11 heavy (non-hydrogen) atoms. The minimum Gasteiger partial charge on any atom is -0.453 e. The third kappa shape index (κ3) is 2.01. The fourth-order valence-corrected chi connectivity index (χ4v) is 3.12. The molecule has 0 spiro atoms. The summed E-state index contributed by atoms with van der Waals surface area (Å²) in [4.78, 5) is 0. The van der Waals surface area contributed by atoms with E-state index >= 15 is 0 Å². The highest BCUT2D eigenvalue weighted by molar-refractivity contribution is 6.76. The van der Waals surface area contributed by atoms with Gasteiger partial charge in [0.05, 0.1) is 5.69 Å². The number of nitriles is 1. The van der Waals surface area contributed by atoms with Crippen LogP contribution < -0.4 is 5.19 Å². The van der Waals surface area contributed by atoms with Crippen molar-refractivity contribution in [2.75, 3.05) is 0 Å². The van der Waals surface area contributed by atoms with Crippen molar-refractivity contribution in [1.29, 1.82) is 5.26 Å². The van der Waals surface area contributed by atoms with Gasteiger partial charge in [-0.15, -0.1) is 0 Å². The average Bonchev–Trinajstić information content (AvgIpc) is 2.09. The molecule has 0 aliphatic carbocycles. The van der Waals surface area contributed by atoms with E-state index in [9.17, 15) is 0 Å². The first-order chi connectivity index (χ1) is 5.38. The smallest absolute Gasteiger partial charge is 0.312 e. The molecule has 0 bridgehead atoms. The maximum Gasteiger partial charge on any atom is 0.312 e. The van der Waals surface area contributed by atoms with Gasteiger partial charge in [-0.05, 0) is 5.19 Å². The van der Waals surface area contributed by atoms with Gasteiger partial charge in [-0.2, -0.15) is 0 Å². The second kappa shape index (κ2) is 4.08. The van der Waals surface area contributed by atoms with Crippen molar-refractivity contribution in [3.8, 4) is 5.69 Å². The Kier molecular flexibility index (Phi) is 3.04. The van der Waals surface area contributed by atoms with Gasteiger partial charge in [-0.3, -0.25) is 0 Å². The number of rotatable bonds is 2. The van der Waals surface area contributed by atoms with Crippen LogP contribution in [0.15, 0.2) is 30.3 Å². The molecule has 0 N–H and O–H groups in total. The third-order valence-electron chi connectivity index (χ3n) is 1.46. The van der Waals surface area contributed by atoms with E-state index in [1.165, 1.54) is 0 Å².